The minimum absolute atomic E-state index is 0.227. The molecule has 2 amide bonds. The van der Waals surface area contributed by atoms with Gasteiger partial charge in [0.05, 0.1) is 6.10 Å². The van der Waals surface area contributed by atoms with E-state index in [1.54, 1.807) is 0 Å². The van der Waals surface area contributed by atoms with E-state index in [1.807, 2.05) is 0 Å². The Morgan fingerprint density at radius 3 is 2.44 bits per heavy atom. The van der Waals surface area contributed by atoms with Crippen LogP contribution >= 0.6 is 0 Å². The molecule has 0 aromatic rings. The number of likely N-dealkylation sites (tertiary alicyclic amines) is 1. The molecule has 150 valence electrons. The Kier molecular flexibility index (Phi) is 3.85. The number of carbonyl (C=O) groups is 1. The Hall–Kier alpha value is -0.810. The number of hydrogen-bond donors (Lipinski definition) is 1. The first-order chi connectivity index (χ1) is 13.2. The van der Waals surface area contributed by atoms with E-state index >= 15 is 0 Å². The second-order valence-corrected chi connectivity index (χ2v) is 10.3. The van der Waals surface area contributed by atoms with Gasteiger partial charge in [-0.15, -0.1) is 0 Å². The molecule has 5 nitrogen and oxygen atoms in total. The molecule has 3 aliphatic carbocycles. The highest BCUT2D eigenvalue weighted by molar-refractivity contribution is 5.77. The zero-order chi connectivity index (χ0) is 18.1. The zero-order valence-electron chi connectivity index (χ0n) is 16.5. The Bertz CT molecular complexity index is 607. The number of hydrogen-bond acceptors (Lipinski definition) is 3. The van der Waals surface area contributed by atoms with E-state index in [2.05, 4.69) is 10.2 Å². The van der Waals surface area contributed by atoms with Gasteiger partial charge in [0.1, 0.15) is 0 Å². The molecular formula is C22H34N2O3. The van der Waals surface area contributed by atoms with E-state index in [0.29, 0.717) is 35.4 Å². The number of carbonyl (C=O) groups excluding carboxylic acids is 1. The van der Waals surface area contributed by atoms with Gasteiger partial charge in [-0.3, -0.25) is 0 Å². The fourth-order valence-corrected chi connectivity index (χ4v) is 7.94. The van der Waals surface area contributed by atoms with Crippen LogP contribution in [0.4, 0.5) is 4.79 Å². The number of ether oxygens (including phenoxy) is 2. The normalized spacial score (nSPS) is 41.7. The minimum Gasteiger partial charge on any atom is -0.381 e. The Balaban J connectivity index is 1.18. The topological polar surface area (TPSA) is 50.8 Å². The summed E-state index contributed by atoms with van der Waals surface area (Å²) in [6.45, 7) is 3.63. The standard InChI is InChI=1S/C22H34N2O3/c25-20(23-17-16-6-13-27-19(16)22(17)9-1-2-10-22)24-14-21(7-3-8-21)18(24)15-4-11-26-12-5-15/h15-19H,1-14H2,(H,23,25). The smallest absolute Gasteiger partial charge is 0.317 e. The molecule has 5 heteroatoms. The molecule has 3 aliphatic heterocycles. The molecule has 3 saturated heterocycles. The van der Waals surface area contributed by atoms with Crippen molar-refractivity contribution in [3.8, 4) is 0 Å². The van der Waals surface area contributed by atoms with Crippen LogP contribution in [-0.2, 0) is 9.47 Å². The van der Waals surface area contributed by atoms with E-state index in [0.717, 1.165) is 45.6 Å². The highest BCUT2D eigenvalue weighted by Crippen LogP contribution is 2.61. The summed E-state index contributed by atoms with van der Waals surface area (Å²) < 4.78 is 11.7. The maximum Gasteiger partial charge on any atom is 0.317 e. The van der Waals surface area contributed by atoms with Gasteiger partial charge in [-0.1, -0.05) is 19.3 Å². The molecule has 0 aromatic carbocycles. The maximum atomic E-state index is 13.4. The number of fused-ring (bicyclic) bond motifs is 2. The molecule has 6 aliphatic rings. The summed E-state index contributed by atoms with van der Waals surface area (Å²) in [6, 6.07) is 1.05. The highest BCUT2D eigenvalue weighted by Gasteiger charge is 2.66. The molecule has 1 N–H and O–H groups in total. The molecule has 0 aromatic heterocycles. The molecule has 3 heterocycles. The number of nitrogens with one attached hydrogen (secondary N) is 1. The predicted molar refractivity (Wildman–Crippen MR) is 101 cm³/mol. The second kappa shape index (κ2) is 6.09. The third-order valence-electron chi connectivity index (χ3n) is 9.34. The lowest BCUT2D eigenvalue weighted by Crippen LogP contribution is -2.76. The van der Waals surface area contributed by atoms with Crippen LogP contribution < -0.4 is 5.32 Å². The van der Waals surface area contributed by atoms with Gasteiger partial charge in [-0.05, 0) is 50.9 Å². The van der Waals surface area contributed by atoms with E-state index in [9.17, 15) is 4.79 Å². The third kappa shape index (κ3) is 2.27. The van der Waals surface area contributed by atoms with Crippen LogP contribution in [0.3, 0.4) is 0 Å². The summed E-state index contributed by atoms with van der Waals surface area (Å²) in [5.74, 6) is 1.20. The van der Waals surface area contributed by atoms with Crippen LogP contribution in [0.2, 0.25) is 0 Å². The highest BCUT2D eigenvalue weighted by atomic mass is 16.5. The minimum atomic E-state index is 0.227. The SMILES string of the molecule is O=C(NC1C2CCOC2C12CCCC2)N1CC2(CCC2)C1C1CCOCC1. The summed E-state index contributed by atoms with van der Waals surface area (Å²) in [5.41, 5.74) is 0.701. The van der Waals surface area contributed by atoms with Crippen LogP contribution in [0.1, 0.15) is 64.2 Å². The van der Waals surface area contributed by atoms with Crippen molar-refractivity contribution in [2.45, 2.75) is 82.4 Å². The van der Waals surface area contributed by atoms with Gasteiger partial charge in [0, 0.05) is 55.2 Å². The summed E-state index contributed by atoms with van der Waals surface area (Å²) >= 11 is 0. The number of nitrogens with zero attached hydrogens (tertiary/aromatic N) is 1. The first-order valence-corrected chi connectivity index (χ1v) is 11.5. The fraction of sp³-hybridized carbons (Fsp3) is 0.955. The first kappa shape index (κ1) is 17.1. The van der Waals surface area contributed by atoms with Crippen molar-refractivity contribution in [1.82, 2.24) is 10.2 Å². The number of amides is 2. The Morgan fingerprint density at radius 1 is 0.963 bits per heavy atom. The van der Waals surface area contributed by atoms with Crippen molar-refractivity contribution < 1.29 is 14.3 Å². The summed E-state index contributed by atoms with van der Waals surface area (Å²) in [6.07, 6.45) is 12.9. The Labute approximate surface area is 162 Å². The van der Waals surface area contributed by atoms with Crippen molar-refractivity contribution in [1.29, 1.82) is 0 Å². The van der Waals surface area contributed by atoms with Crippen LogP contribution in [0.15, 0.2) is 0 Å². The van der Waals surface area contributed by atoms with Crippen LogP contribution in [0.5, 0.6) is 0 Å². The molecule has 27 heavy (non-hydrogen) atoms. The van der Waals surface area contributed by atoms with Crippen molar-refractivity contribution in [2.24, 2.45) is 22.7 Å². The lowest BCUT2D eigenvalue weighted by Gasteiger charge is -2.65. The molecule has 6 rings (SSSR count). The van der Waals surface area contributed by atoms with Gasteiger partial charge >= 0.3 is 6.03 Å². The molecule has 2 spiro atoms. The van der Waals surface area contributed by atoms with E-state index in [1.165, 1.54) is 44.9 Å². The van der Waals surface area contributed by atoms with Crippen LogP contribution in [0, 0.1) is 22.7 Å². The molecule has 3 saturated carbocycles. The monoisotopic (exact) mass is 374 g/mol. The Morgan fingerprint density at radius 2 is 1.74 bits per heavy atom. The van der Waals surface area contributed by atoms with Gasteiger partial charge in [-0.25, -0.2) is 4.79 Å². The van der Waals surface area contributed by atoms with E-state index < -0.39 is 0 Å². The van der Waals surface area contributed by atoms with Crippen molar-refractivity contribution in [3.05, 3.63) is 0 Å². The fourth-order valence-electron chi connectivity index (χ4n) is 7.94. The van der Waals surface area contributed by atoms with Crippen LogP contribution in [-0.4, -0.2) is 55.5 Å². The van der Waals surface area contributed by atoms with Gasteiger partial charge in [0.15, 0.2) is 0 Å². The summed E-state index contributed by atoms with van der Waals surface area (Å²) in [7, 11) is 0. The third-order valence-corrected chi connectivity index (χ3v) is 9.34. The van der Waals surface area contributed by atoms with E-state index in [-0.39, 0.29) is 11.4 Å². The molecule has 6 fully saturated rings. The molecular weight excluding hydrogens is 340 g/mol. The average molecular weight is 375 g/mol. The maximum absolute atomic E-state index is 13.4. The van der Waals surface area contributed by atoms with Crippen LogP contribution in [0.25, 0.3) is 0 Å². The van der Waals surface area contributed by atoms with Gasteiger partial charge in [0.2, 0.25) is 0 Å². The van der Waals surface area contributed by atoms with Crippen molar-refractivity contribution in [2.75, 3.05) is 26.4 Å². The average Bonchev–Trinajstić information content (AvgIpc) is 3.27. The predicted octanol–water partition coefficient (Wildman–Crippen LogP) is 3.32. The largest absolute Gasteiger partial charge is 0.381 e. The van der Waals surface area contributed by atoms with Crippen molar-refractivity contribution >= 4 is 6.03 Å². The lowest BCUT2D eigenvalue weighted by molar-refractivity contribution is -0.148. The summed E-state index contributed by atoms with van der Waals surface area (Å²) in [5, 5.41) is 3.55. The second-order valence-electron chi connectivity index (χ2n) is 10.3. The quantitative estimate of drug-likeness (QED) is 0.807. The van der Waals surface area contributed by atoms with Crippen molar-refractivity contribution in [3.63, 3.8) is 0 Å². The molecule has 4 unspecified atom stereocenters. The number of urea groups is 1. The van der Waals surface area contributed by atoms with E-state index in [4.69, 9.17) is 9.47 Å². The number of rotatable bonds is 2. The molecule has 4 atom stereocenters. The molecule has 0 radical (unpaired) electrons. The van der Waals surface area contributed by atoms with Gasteiger partial charge < -0.3 is 19.7 Å². The summed E-state index contributed by atoms with van der Waals surface area (Å²) in [4.78, 5) is 15.6. The zero-order valence-corrected chi connectivity index (χ0v) is 16.5. The van der Waals surface area contributed by atoms with Gasteiger partial charge in [0.25, 0.3) is 0 Å². The lowest BCUT2D eigenvalue weighted by atomic mass is 9.53. The molecule has 0 bridgehead atoms. The van der Waals surface area contributed by atoms with Gasteiger partial charge in [-0.2, -0.15) is 0 Å². The first-order valence-electron chi connectivity index (χ1n) is 11.5.